The number of hydrogen-bond donors (Lipinski definition) is 1. The van der Waals surface area contributed by atoms with E-state index in [4.69, 9.17) is 0 Å². The Morgan fingerprint density at radius 3 is 2.38 bits per heavy atom. The van der Waals surface area contributed by atoms with E-state index < -0.39 is 10.0 Å². The first-order chi connectivity index (χ1) is 9.96. The summed E-state index contributed by atoms with van der Waals surface area (Å²) in [6.07, 6.45) is 0. The van der Waals surface area contributed by atoms with Crippen LogP contribution in [0.25, 0.3) is 0 Å². The molecule has 0 aliphatic rings. The molecule has 0 bridgehead atoms. The summed E-state index contributed by atoms with van der Waals surface area (Å²) in [5.41, 5.74) is 1.65. The van der Waals surface area contributed by atoms with Gasteiger partial charge in [0.05, 0.1) is 5.69 Å². The minimum atomic E-state index is -3.59. The average Bonchev–Trinajstić information content (AvgIpc) is 2.47. The SMILES string of the molecule is CNCc1ccc(S(=O)(=O)N(C)c2ccccc2)c(Br)c1. The van der Waals surface area contributed by atoms with Gasteiger partial charge in [-0.05, 0) is 52.8 Å². The van der Waals surface area contributed by atoms with Crippen LogP contribution in [-0.4, -0.2) is 22.5 Å². The maximum absolute atomic E-state index is 12.7. The zero-order valence-electron chi connectivity index (χ0n) is 11.9. The molecule has 2 aromatic carbocycles. The molecule has 0 heterocycles. The third-order valence-corrected chi connectivity index (χ3v) is 5.90. The number of benzene rings is 2. The molecule has 4 nitrogen and oxygen atoms in total. The second-order valence-electron chi connectivity index (χ2n) is 4.60. The summed E-state index contributed by atoms with van der Waals surface area (Å²) < 4.78 is 27.3. The zero-order chi connectivity index (χ0) is 15.5. The summed E-state index contributed by atoms with van der Waals surface area (Å²) in [5, 5.41) is 3.04. The fraction of sp³-hybridized carbons (Fsp3) is 0.200. The first kappa shape index (κ1) is 16.0. The van der Waals surface area contributed by atoms with E-state index in [0.717, 1.165) is 5.56 Å². The van der Waals surface area contributed by atoms with Crippen molar-refractivity contribution in [3.8, 4) is 0 Å². The monoisotopic (exact) mass is 368 g/mol. The van der Waals surface area contributed by atoms with Crippen molar-refractivity contribution in [3.63, 3.8) is 0 Å². The molecule has 2 rings (SSSR count). The maximum Gasteiger partial charge on any atom is 0.265 e. The molecule has 0 aliphatic carbocycles. The molecular formula is C15H17BrN2O2S. The lowest BCUT2D eigenvalue weighted by Gasteiger charge is -2.20. The van der Waals surface area contributed by atoms with Crippen LogP contribution in [0.15, 0.2) is 57.9 Å². The number of rotatable bonds is 5. The summed E-state index contributed by atoms with van der Waals surface area (Å²) in [6.45, 7) is 0.688. The van der Waals surface area contributed by atoms with Crippen LogP contribution < -0.4 is 9.62 Å². The quantitative estimate of drug-likeness (QED) is 0.882. The third-order valence-electron chi connectivity index (χ3n) is 3.14. The first-order valence-electron chi connectivity index (χ1n) is 6.44. The van der Waals surface area contributed by atoms with E-state index >= 15 is 0 Å². The van der Waals surface area contributed by atoms with E-state index in [1.807, 2.05) is 37.4 Å². The van der Waals surface area contributed by atoms with E-state index in [9.17, 15) is 8.42 Å². The molecule has 0 atom stereocenters. The largest absolute Gasteiger partial charge is 0.316 e. The Morgan fingerprint density at radius 1 is 1.14 bits per heavy atom. The van der Waals surface area contributed by atoms with E-state index in [-0.39, 0.29) is 4.90 Å². The third kappa shape index (κ3) is 3.45. The van der Waals surface area contributed by atoms with E-state index in [1.165, 1.54) is 4.31 Å². The molecule has 0 aromatic heterocycles. The van der Waals surface area contributed by atoms with Crippen molar-refractivity contribution in [2.45, 2.75) is 11.4 Å². The van der Waals surface area contributed by atoms with Crippen molar-refractivity contribution in [1.82, 2.24) is 5.32 Å². The Labute approximate surface area is 134 Å². The van der Waals surface area contributed by atoms with Gasteiger partial charge in [0.1, 0.15) is 4.90 Å². The van der Waals surface area contributed by atoms with Gasteiger partial charge in [-0.2, -0.15) is 0 Å². The molecule has 6 heteroatoms. The summed E-state index contributed by atoms with van der Waals surface area (Å²) in [7, 11) is -0.185. The standard InChI is InChI=1S/C15H17BrN2O2S/c1-17-11-12-8-9-15(14(16)10-12)21(19,20)18(2)13-6-4-3-5-7-13/h3-10,17H,11H2,1-2H3. The molecule has 0 spiro atoms. The average molecular weight is 369 g/mol. The highest BCUT2D eigenvalue weighted by Gasteiger charge is 2.23. The topological polar surface area (TPSA) is 49.4 Å². The molecule has 0 saturated carbocycles. The minimum Gasteiger partial charge on any atom is -0.316 e. The predicted octanol–water partition coefficient (Wildman–Crippen LogP) is 2.99. The highest BCUT2D eigenvalue weighted by molar-refractivity contribution is 9.10. The Morgan fingerprint density at radius 2 is 1.81 bits per heavy atom. The number of anilines is 1. The number of nitrogens with one attached hydrogen (secondary N) is 1. The summed E-state index contributed by atoms with van der Waals surface area (Å²) in [5.74, 6) is 0. The molecule has 0 aliphatic heterocycles. The first-order valence-corrected chi connectivity index (χ1v) is 8.67. The Hall–Kier alpha value is -1.37. The molecule has 1 N–H and O–H groups in total. The number of nitrogens with zero attached hydrogens (tertiary/aromatic N) is 1. The highest BCUT2D eigenvalue weighted by atomic mass is 79.9. The lowest BCUT2D eigenvalue weighted by Crippen LogP contribution is -2.26. The van der Waals surface area contributed by atoms with Crippen molar-refractivity contribution < 1.29 is 8.42 Å². The Bertz CT molecular complexity index is 718. The van der Waals surface area contributed by atoms with Gasteiger partial charge in [0.15, 0.2) is 0 Å². The van der Waals surface area contributed by atoms with Gasteiger partial charge in [0.25, 0.3) is 10.0 Å². The maximum atomic E-state index is 12.7. The van der Waals surface area contributed by atoms with Crippen LogP contribution in [0.1, 0.15) is 5.56 Å². The van der Waals surface area contributed by atoms with Crippen LogP contribution in [0.3, 0.4) is 0 Å². The van der Waals surface area contributed by atoms with E-state index in [0.29, 0.717) is 16.7 Å². The summed E-state index contributed by atoms with van der Waals surface area (Å²) >= 11 is 3.36. The predicted molar refractivity (Wildman–Crippen MR) is 88.9 cm³/mol. The van der Waals surface area contributed by atoms with Gasteiger partial charge in [-0.15, -0.1) is 0 Å². The van der Waals surface area contributed by atoms with Gasteiger partial charge in [0, 0.05) is 18.1 Å². The van der Waals surface area contributed by atoms with Crippen molar-refractivity contribution >= 4 is 31.6 Å². The Kier molecular flexibility index (Phi) is 5.03. The fourth-order valence-electron chi connectivity index (χ4n) is 1.99. The van der Waals surface area contributed by atoms with Crippen LogP contribution >= 0.6 is 15.9 Å². The second-order valence-corrected chi connectivity index (χ2v) is 7.40. The second kappa shape index (κ2) is 6.60. The lowest BCUT2D eigenvalue weighted by atomic mass is 10.2. The van der Waals surface area contributed by atoms with Crippen molar-refractivity contribution in [3.05, 3.63) is 58.6 Å². The minimum absolute atomic E-state index is 0.258. The molecule has 0 saturated heterocycles. The number of para-hydroxylation sites is 1. The van der Waals surface area contributed by atoms with Crippen molar-refractivity contribution in [1.29, 1.82) is 0 Å². The van der Waals surface area contributed by atoms with Gasteiger partial charge in [-0.3, -0.25) is 4.31 Å². The molecule has 0 amide bonds. The normalized spacial score (nSPS) is 11.4. The van der Waals surface area contributed by atoms with Gasteiger partial charge in [0.2, 0.25) is 0 Å². The number of halogens is 1. The highest BCUT2D eigenvalue weighted by Crippen LogP contribution is 2.28. The van der Waals surface area contributed by atoms with E-state index in [2.05, 4.69) is 21.2 Å². The van der Waals surface area contributed by atoms with Gasteiger partial charge < -0.3 is 5.32 Å². The number of hydrogen-bond acceptors (Lipinski definition) is 3. The molecule has 0 unspecified atom stereocenters. The molecule has 112 valence electrons. The smallest absolute Gasteiger partial charge is 0.265 e. The fourth-order valence-corrected chi connectivity index (χ4v) is 4.27. The molecule has 2 aromatic rings. The van der Waals surface area contributed by atoms with Crippen molar-refractivity contribution in [2.75, 3.05) is 18.4 Å². The van der Waals surface area contributed by atoms with Gasteiger partial charge in [-0.25, -0.2) is 8.42 Å². The number of sulfonamides is 1. The molecule has 0 fully saturated rings. The van der Waals surface area contributed by atoms with Gasteiger partial charge in [-0.1, -0.05) is 24.3 Å². The van der Waals surface area contributed by atoms with Crippen LogP contribution in [-0.2, 0) is 16.6 Å². The summed E-state index contributed by atoms with van der Waals surface area (Å²) in [4.78, 5) is 0.258. The van der Waals surface area contributed by atoms with Crippen LogP contribution in [0.5, 0.6) is 0 Å². The zero-order valence-corrected chi connectivity index (χ0v) is 14.3. The van der Waals surface area contributed by atoms with Crippen LogP contribution in [0.4, 0.5) is 5.69 Å². The molecule has 0 radical (unpaired) electrons. The summed E-state index contributed by atoms with van der Waals surface area (Å²) in [6, 6.07) is 14.3. The molecular weight excluding hydrogens is 352 g/mol. The molecule has 21 heavy (non-hydrogen) atoms. The Balaban J connectivity index is 2.40. The van der Waals surface area contributed by atoms with Crippen LogP contribution in [0.2, 0.25) is 0 Å². The lowest BCUT2D eigenvalue weighted by molar-refractivity contribution is 0.594. The van der Waals surface area contributed by atoms with Crippen molar-refractivity contribution in [2.24, 2.45) is 0 Å². The van der Waals surface area contributed by atoms with Gasteiger partial charge >= 0.3 is 0 Å². The van der Waals surface area contributed by atoms with E-state index in [1.54, 1.807) is 25.2 Å². The van der Waals surface area contributed by atoms with Crippen LogP contribution in [0, 0.1) is 0 Å².